The summed E-state index contributed by atoms with van der Waals surface area (Å²) in [5, 5.41) is 8.04. The van der Waals surface area contributed by atoms with Gasteiger partial charge in [0.25, 0.3) is 0 Å². The van der Waals surface area contributed by atoms with E-state index < -0.39 is 41.4 Å². The van der Waals surface area contributed by atoms with Crippen LogP contribution in [0.4, 0.5) is 39.5 Å². The van der Waals surface area contributed by atoms with Crippen LogP contribution in [0, 0.1) is 0 Å². The summed E-state index contributed by atoms with van der Waals surface area (Å²) in [5.41, 5.74) is -2.73. The SMILES string of the molecule is C=C(C(=O)O)C(F)(F)C(F)(F)C(F)(F)C(F)(F)C(C)F. The molecule has 0 aliphatic heterocycles. The number of alkyl halides is 9. The number of carbonyl (C=O) groups is 1. The molecule has 118 valence electrons. The molecule has 0 aromatic carbocycles. The van der Waals surface area contributed by atoms with Crippen LogP contribution in [0.3, 0.4) is 0 Å². The molecule has 0 rings (SSSR count). The summed E-state index contributed by atoms with van der Waals surface area (Å²) >= 11 is 0. The largest absolute Gasteiger partial charge is 0.478 e. The van der Waals surface area contributed by atoms with Crippen LogP contribution in [-0.2, 0) is 4.79 Å². The molecule has 0 aliphatic carbocycles. The molecule has 0 saturated carbocycles. The van der Waals surface area contributed by atoms with Gasteiger partial charge in [0.2, 0.25) is 0 Å². The van der Waals surface area contributed by atoms with E-state index in [1.165, 1.54) is 0 Å². The van der Waals surface area contributed by atoms with E-state index in [1.54, 1.807) is 0 Å². The first-order valence-electron chi connectivity index (χ1n) is 4.63. The molecule has 0 bridgehead atoms. The molecule has 0 radical (unpaired) electrons. The van der Waals surface area contributed by atoms with Crippen LogP contribution in [-0.4, -0.2) is 40.9 Å². The summed E-state index contributed by atoms with van der Waals surface area (Å²) in [6, 6.07) is 0. The maximum absolute atomic E-state index is 13.0. The minimum atomic E-state index is -6.88. The molecule has 11 heteroatoms. The summed E-state index contributed by atoms with van der Waals surface area (Å²) in [6.45, 7) is 1.69. The summed E-state index contributed by atoms with van der Waals surface area (Å²) < 4.78 is 115. The maximum Gasteiger partial charge on any atom is 0.382 e. The number of halogens is 9. The van der Waals surface area contributed by atoms with Gasteiger partial charge in [0, 0.05) is 0 Å². The van der Waals surface area contributed by atoms with Gasteiger partial charge in [-0.25, -0.2) is 9.18 Å². The normalized spacial score (nSPS) is 15.9. The molecule has 0 amide bonds. The van der Waals surface area contributed by atoms with Crippen LogP contribution in [0.15, 0.2) is 12.2 Å². The van der Waals surface area contributed by atoms with Crippen molar-refractivity contribution < 1.29 is 49.4 Å². The third-order valence-corrected chi connectivity index (χ3v) is 2.34. The highest BCUT2D eigenvalue weighted by Crippen LogP contribution is 2.55. The molecule has 0 saturated heterocycles. The van der Waals surface area contributed by atoms with Crippen molar-refractivity contribution in [1.29, 1.82) is 0 Å². The molecule has 0 fully saturated rings. The third-order valence-electron chi connectivity index (χ3n) is 2.34. The van der Waals surface area contributed by atoms with Gasteiger partial charge in [-0.1, -0.05) is 6.58 Å². The zero-order chi connectivity index (χ0) is 16.7. The van der Waals surface area contributed by atoms with Crippen molar-refractivity contribution in [3.8, 4) is 0 Å². The monoisotopic (exact) mass is 318 g/mol. The summed E-state index contributed by atoms with van der Waals surface area (Å²) in [5.74, 6) is -28.9. The highest BCUT2D eigenvalue weighted by atomic mass is 19.4. The number of hydrogen-bond acceptors (Lipinski definition) is 1. The Morgan fingerprint density at radius 2 is 1.35 bits per heavy atom. The molecule has 0 heterocycles. The molecule has 1 unspecified atom stereocenters. The van der Waals surface area contributed by atoms with Crippen LogP contribution in [0.1, 0.15) is 6.92 Å². The van der Waals surface area contributed by atoms with E-state index in [-0.39, 0.29) is 6.92 Å². The highest BCUT2D eigenvalue weighted by molar-refractivity contribution is 5.88. The van der Waals surface area contributed by atoms with E-state index >= 15 is 0 Å². The van der Waals surface area contributed by atoms with Gasteiger partial charge in [-0.05, 0) is 6.92 Å². The second-order valence-corrected chi connectivity index (χ2v) is 3.75. The zero-order valence-corrected chi connectivity index (χ0v) is 9.54. The van der Waals surface area contributed by atoms with Gasteiger partial charge >= 0.3 is 29.7 Å². The number of rotatable bonds is 6. The molecule has 1 N–H and O–H groups in total. The van der Waals surface area contributed by atoms with Gasteiger partial charge in [-0.3, -0.25) is 0 Å². The lowest BCUT2D eigenvalue weighted by atomic mass is 9.92. The van der Waals surface area contributed by atoms with Crippen molar-refractivity contribution in [3.63, 3.8) is 0 Å². The number of aliphatic carboxylic acids is 1. The molecule has 2 nitrogen and oxygen atoms in total. The Morgan fingerprint density at radius 3 is 1.60 bits per heavy atom. The minimum absolute atomic E-state index is 0.242. The Hall–Kier alpha value is -1.42. The fraction of sp³-hybridized carbons (Fsp3) is 0.667. The second kappa shape index (κ2) is 4.85. The summed E-state index contributed by atoms with van der Waals surface area (Å²) in [4.78, 5) is 10.1. The van der Waals surface area contributed by atoms with Gasteiger partial charge in [0.1, 0.15) is 5.57 Å². The standard InChI is InChI=1S/C9H7F9O2/c1-3(5(19)20)6(11,12)8(15,16)9(17,18)7(13,14)4(2)10/h4H,1H2,2H3,(H,19,20). The lowest BCUT2D eigenvalue weighted by molar-refractivity contribution is -0.366. The fourth-order valence-corrected chi connectivity index (χ4v) is 0.980. The molecule has 0 aliphatic rings. The Bertz CT molecular complexity index is 414. The molecule has 0 aromatic heterocycles. The smallest absolute Gasteiger partial charge is 0.382 e. The third kappa shape index (κ3) is 2.33. The van der Waals surface area contributed by atoms with Crippen LogP contribution in [0.2, 0.25) is 0 Å². The van der Waals surface area contributed by atoms with Gasteiger partial charge in [0.05, 0.1) is 0 Å². The van der Waals surface area contributed by atoms with E-state index in [4.69, 9.17) is 5.11 Å². The first-order valence-corrected chi connectivity index (χ1v) is 4.63. The van der Waals surface area contributed by atoms with Gasteiger partial charge in [-0.15, -0.1) is 0 Å². The van der Waals surface area contributed by atoms with Gasteiger partial charge in [-0.2, -0.15) is 35.1 Å². The molecule has 20 heavy (non-hydrogen) atoms. The molecule has 0 spiro atoms. The van der Waals surface area contributed by atoms with E-state index in [0.29, 0.717) is 0 Å². The van der Waals surface area contributed by atoms with E-state index in [0.717, 1.165) is 0 Å². The van der Waals surface area contributed by atoms with Crippen molar-refractivity contribution in [2.45, 2.75) is 36.8 Å². The number of carboxylic acids is 1. The lowest BCUT2D eigenvalue weighted by Crippen LogP contribution is -2.65. The van der Waals surface area contributed by atoms with Crippen molar-refractivity contribution in [1.82, 2.24) is 0 Å². The minimum Gasteiger partial charge on any atom is -0.478 e. The van der Waals surface area contributed by atoms with Gasteiger partial charge < -0.3 is 5.11 Å². The topological polar surface area (TPSA) is 37.3 Å². The van der Waals surface area contributed by atoms with E-state index in [1.807, 2.05) is 6.58 Å². The zero-order valence-electron chi connectivity index (χ0n) is 9.54. The fourth-order valence-electron chi connectivity index (χ4n) is 0.980. The molecular formula is C9H7F9O2. The predicted molar refractivity (Wildman–Crippen MR) is 47.1 cm³/mol. The Labute approximate surface area is 105 Å². The van der Waals surface area contributed by atoms with Crippen molar-refractivity contribution in [3.05, 3.63) is 12.2 Å². The lowest BCUT2D eigenvalue weighted by Gasteiger charge is -2.37. The molecule has 0 aromatic rings. The maximum atomic E-state index is 13.0. The van der Waals surface area contributed by atoms with Crippen LogP contribution in [0.25, 0.3) is 0 Å². The van der Waals surface area contributed by atoms with E-state index in [9.17, 15) is 44.3 Å². The summed E-state index contributed by atoms with van der Waals surface area (Å²) in [7, 11) is 0. The van der Waals surface area contributed by atoms with E-state index in [2.05, 4.69) is 0 Å². The summed E-state index contributed by atoms with van der Waals surface area (Å²) in [6.07, 6.45) is -3.89. The average molecular weight is 318 g/mol. The van der Waals surface area contributed by atoms with Crippen LogP contribution in [0.5, 0.6) is 0 Å². The molecule has 1 atom stereocenters. The predicted octanol–water partition coefficient (Wildman–Crippen LogP) is 3.53. The Balaban J connectivity index is 5.97. The highest BCUT2D eigenvalue weighted by Gasteiger charge is 2.82. The number of carboxylic acid groups (broad SMARTS) is 1. The van der Waals surface area contributed by atoms with Crippen LogP contribution >= 0.6 is 0 Å². The first kappa shape index (κ1) is 18.6. The first-order chi connectivity index (χ1) is 8.55. The quantitative estimate of drug-likeness (QED) is 0.601. The van der Waals surface area contributed by atoms with Crippen molar-refractivity contribution in [2.75, 3.05) is 0 Å². The number of hydrogen-bond donors (Lipinski definition) is 1. The van der Waals surface area contributed by atoms with Crippen molar-refractivity contribution >= 4 is 5.97 Å². The Morgan fingerprint density at radius 1 is 1.00 bits per heavy atom. The average Bonchev–Trinajstić information content (AvgIpc) is 2.26. The second-order valence-electron chi connectivity index (χ2n) is 3.75. The Kier molecular flexibility index (Phi) is 4.50. The van der Waals surface area contributed by atoms with Crippen molar-refractivity contribution in [2.24, 2.45) is 0 Å². The van der Waals surface area contributed by atoms with Gasteiger partial charge in [0.15, 0.2) is 6.17 Å². The molecular weight excluding hydrogens is 311 g/mol. The van der Waals surface area contributed by atoms with Crippen LogP contribution < -0.4 is 0 Å².